The lowest BCUT2D eigenvalue weighted by molar-refractivity contribution is -0.124. The standard InChI is InChI=1S/C16H21N3O2/c20-15-8-13-6-7-14(10-18-15)19(13)11-16(21)17-9-12-4-2-1-3-5-12/h1-5,13-14H,6-11H2,(H,17,21)(H,18,20). The lowest BCUT2D eigenvalue weighted by atomic mass is 10.1. The second kappa shape index (κ2) is 6.26. The van der Waals surface area contributed by atoms with Crippen LogP contribution in [0.2, 0.25) is 0 Å². The fourth-order valence-electron chi connectivity index (χ4n) is 3.25. The molecule has 3 rings (SSSR count). The van der Waals surface area contributed by atoms with Crippen LogP contribution >= 0.6 is 0 Å². The maximum absolute atomic E-state index is 12.1. The minimum Gasteiger partial charge on any atom is -0.354 e. The van der Waals surface area contributed by atoms with Crippen LogP contribution in [0.15, 0.2) is 30.3 Å². The summed E-state index contributed by atoms with van der Waals surface area (Å²) in [7, 11) is 0. The summed E-state index contributed by atoms with van der Waals surface area (Å²) in [5.41, 5.74) is 1.10. The summed E-state index contributed by atoms with van der Waals surface area (Å²) in [6, 6.07) is 10.4. The van der Waals surface area contributed by atoms with Gasteiger partial charge in [0.25, 0.3) is 0 Å². The number of carbonyl (C=O) groups is 2. The average molecular weight is 287 g/mol. The molecule has 5 heteroatoms. The highest BCUT2D eigenvalue weighted by atomic mass is 16.2. The summed E-state index contributed by atoms with van der Waals surface area (Å²) < 4.78 is 0. The molecule has 1 aromatic rings. The lowest BCUT2D eigenvalue weighted by Crippen LogP contribution is -2.44. The number of nitrogens with one attached hydrogen (secondary N) is 2. The van der Waals surface area contributed by atoms with Gasteiger partial charge < -0.3 is 10.6 Å². The maximum Gasteiger partial charge on any atom is 0.234 e. The fraction of sp³-hybridized carbons (Fsp3) is 0.500. The lowest BCUT2D eigenvalue weighted by Gasteiger charge is -2.26. The van der Waals surface area contributed by atoms with Crippen LogP contribution in [0.1, 0.15) is 24.8 Å². The Morgan fingerprint density at radius 3 is 2.81 bits per heavy atom. The topological polar surface area (TPSA) is 61.4 Å². The van der Waals surface area contributed by atoms with E-state index in [1.165, 1.54) is 0 Å². The minimum atomic E-state index is 0.0325. The summed E-state index contributed by atoms with van der Waals surface area (Å²) in [6.07, 6.45) is 2.60. The molecule has 5 nitrogen and oxygen atoms in total. The zero-order valence-electron chi connectivity index (χ0n) is 12.0. The van der Waals surface area contributed by atoms with Gasteiger partial charge in [-0.25, -0.2) is 0 Å². The quantitative estimate of drug-likeness (QED) is 0.855. The average Bonchev–Trinajstić information content (AvgIpc) is 2.77. The van der Waals surface area contributed by atoms with E-state index in [0.29, 0.717) is 32.1 Å². The predicted octanol–water partition coefficient (Wildman–Crippen LogP) is 0.656. The molecular formula is C16H21N3O2. The third-order valence-corrected chi connectivity index (χ3v) is 4.39. The molecule has 0 aliphatic carbocycles. The van der Waals surface area contributed by atoms with E-state index in [2.05, 4.69) is 15.5 Å². The molecule has 2 N–H and O–H groups in total. The summed E-state index contributed by atoms with van der Waals surface area (Å²) in [4.78, 5) is 25.9. The molecule has 1 aromatic carbocycles. The normalized spacial score (nSPS) is 25.2. The number of amides is 2. The van der Waals surface area contributed by atoms with E-state index in [9.17, 15) is 9.59 Å². The van der Waals surface area contributed by atoms with Gasteiger partial charge in [0.2, 0.25) is 11.8 Å². The van der Waals surface area contributed by atoms with Gasteiger partial charge in [0.15, 0.2) is 0 Å². The van der Waals surface area contributed by atoms with Crippen molar-refractivity contribution in [3.05, 3.63) is 35.9 Å². The molecule has 2 saturated heterocycles. The summed E-state index contributed by atoms with van der Waals surface area (Å²) >= 11 is 0. The molecular weight excluding hydrogens is 266 g/mol. The van der Waals surface area contributed by atoms with Gasteiger partial charge >= 0.3 is 0 Å². The van der Waals surface area contributed by atoms with Crippen LogP contribution in [0.5, 0.6) is 0 Å². The molecule has 21 heavy (non-hydrogen) atoms. The highest BCUT2D eigenvalue weighted by Crippen LogP contribution is 2.27. The highest BCUT2D eigenvalue weighted by Gasteiger charge is 2.38. The van der Waals surface area contributed by atoms with Crippen LogP contribution in [-0.2, 0) is 16.1 Å². The SMILES string of the molecule is O=C1CC2CCC(CN1)N2CC(=O)NCc1ccccc1. The zero-order chi connectivity index (χ0) is 14.7. The Hall–Kier alpha value is -1.88. The van der Waals surface area contributed by atoms with Crippen molar-refractivity contribution >= 4 is 11.8 Å². The first-order valence-corrected chi connectivity index (χ1v) is 7.55. The Balaban J connectivity index is 1.54. The zero-order valence-corrected chi connectivity index (χ0v) is 12.0. The molecule has 2 fully saturated rings. The number of fused-ring (bicyclic) bond motifs is 2. The number of hydrogen-bond acceptors (Lipinski definition) is 3. The Morgan fingerprint density at radius 2 is 2.00 bits per heavy atom. The van der Waals surface area contributed by atoms with Crippen LogP contribution in [0.4, 0.5) is 0 Å². The van der Waals surface area contributed by atoms with Crippen LogP contribution in [0, 0.1) is 0 Å². The Kier molecular flexibility index (Phi) is 4.20. The molecule has 2 aliphatic rings. The van der Waals surface area contributed by atoms with Crippen molar-refractivity contribution in [2.45, 2.75) is 37.9 Å². The molecule has 0 spiro atoms. The Morgan fingerprint density at radius 1 is 1.24 bits per heavy atom. The first-order chi connectivity index (χ1) is 10.2. The van der Waals surface area contributed by atoms with Crippen LogP contribution in [-0.4, -0.2) is 41.9 Å². The van der Waals surface area contributed by atoms with E-state index in [1.54, 1.807) is 0 Å². The van der Waals surface area contributed by atoms with Crippen molar-refractivity contribution < 1.29 is 9.59 Å². The van der Waals surface area contributed by atoms with E-state index in [0.717, 1.165) is 18.4 Å². The van der Waals surface area contributed by atoms with Crippen LogP contribution < -0.4 is 10.6 Å². The van der Waals surface area contributed by atoms with Gasteiger partial charge in [0.05, 0.1) is 6.54 Å². The van der Waals surface area contributed by atoms with Crippen molar-refractivity contribution in [2.24, 2.45) is 0 Å². The predicted molar refractivity (Wildman–Crippen MR) is 79.4 cm³/mol. The van der Waals surface area contributed by atoms with Crippen molar-refractivity contribution in [2.75, 3.05) is 13.1 Å². The molecule has 112 valence electrons. The molecule has 0 saturated carbocycles. The van der Waals surface area contributed by atoms with Gasteiger partial charge in [-0.05, 0) is 18.4 Å². The first kappa shape index (κ1) is 14.1. The van der Waals surface area contributed by atoms with Crippen LogP contribution in [0.3, 0.4) is 0 Å². The smallest absolute Gasteiger partial charge is 0.234 e. The number of hydrogen-bond donors (Lipinski definition) is 2. The van der Waals surface area contributed by atoms with Gasteiger partial charge in [-0.15, -0.1) is 0 Å². The van der Waals surface area contributed by atoms with Crippen LogP contribution in [0.25, 0.3) is 0 Å². The van der Waals surface area contributed by atoms with E-state index in [-0.39, 0.29) is 17.9 Å². The fourth-order valence-corrected chi connectivity index (χ4v) is 3.25. The highest BCUT2D eigenvalue weighted by molar-refractivity contribution is 5.79. The molecule has 2 heterocycles. The van der Waals surface area contributed by atoms with Crippen molar-refractivity contribution in [1.29, 1.82) is 0 Å². The summed E-state index contributed by atoms with van der Waals surface area (Å²) in [6.45, 7) is 1.61. The van der Waals surface area contributed by atoms with Gasteiger partial charge in [0, 0.05) is 31.6 Å². The van der Waals surface area contributed by atoms with Gasteiger partial charge in [0.1, 0.15) is 0 Å². The van der Waals surface area contributed by atoms with Gasteiger partial charge in [-0.1, -0.05) is 30.3 Å². The number of rotatable bonds is 4. The summed E-state index contributed by atoms with van der Waals surface area (Å²) in [5.74, 6) is 0.141. The van der Waals surface area contributed by atoms with Gasteiger partial charge in [-0.3, -0.25) is 14.5 Å². The largest absolute Gasteiger partial charge is 0.354 e. The molecule has 2 aliphatic heterocycles. The third kappa shape index (κ3) is 3.42. The maximum atomic E-state index is 12.1. The van der Waals surface area contributed by atoms with Gasteiger partial charge in [-0.2, -0.15) is 0 Å². The molecule has 0 radical (unpaired) electrons. The molecule has 2 atom stereocenters. The van der Waals surface area contributed by atoms with Crippen molar-refractivity contribution in [1.82, 2.24) is 15.5 Å². The molecule has 0 aromatic heterocycles. The van der Waals surface area contributed by atoms with E-state index in [1.807, 2.05) is 30.3 Å². The van der Waals surface area contributed by atoms with E-state index < -0.39 is 0 Å². The molecule has 2 amide bonds. The first-order valence-electron chi connectivity index (χ1n) is 7.55. The summed E-state index contributed by atoms with van der Waals surface area (Å²) in [5, 5.41) is 5.89. The van der Waals surface area contributed by atoms with Crippen molar-refractivity contribution in [3.63, 3.8) is 0 Å². The van der Waals surface area contributed by atoms with E-state index in [4.69, 9.17) is 0 Å². The third-order valence-electron chi connectivity index (χ3n) is 4.39. The molecule has 2 unspecified atom stereocenters. The second-order valence-electron chi connectivity index (χ2n) is 5.83. The number of carbonyl (C=O) groups excluding carboxylic acids is 2. The number of nitrogens with zero attached hydrogens (tertiary/aromatic N) is 1. The second-order valence-corrected chi connectivity index (χ2v) is 5.83. The Bertz CT molecular complexity index is 518. The number of benzene rings is 1. The minimum absolute atomic E-state index is 0.0325. The monoisotopic (exact) mass is 287 g/mol. The van der Waals surface area contributed by atoms with E-state index >= 15 is 0 Å². The molecule has 2 bridgehead atoms. The Labute approximate surface area is 124 Å². The van der Waals surface area contributed by atoms with Crippen molar-refractivity contribution in [3.8, 4) is 0 Å².